The Hall–Kier alpha value is -1.96. The summed E-state index contributed by atoms with van der Waals surface area (Å²) in [5.41, 5.74) is 0.997. The zero-order valence-electron chi connectivity index (χ0n) is 14.3. The molecule has 1 aliphatic heterocycles. The molecule has 0 atom stereocenters. The van der Waals surface area contributed by atoms with E-state index in [-0.39, 0.29) is 11.6 Å². The van der Waals surface area contributed by atoms with Gasteiger partial charge >= 0.3 is 0 Å². The molecule has 0 saturated carbocycles. The molecule has 1 saturated heterocycles. The van der Waals surface area contributed by atoms with E-state index in [0.717, 1.165) is 10.6 Å². The molecule has 0 bridgehead atoms. The Morgan fingerprint density at radius 2 is 1.74 bits per heavy atom. The normalized spacial score (nSPS) is 14.3. The number of halogens is 2. The highest BCUT2D eigenvalue weighted by atomic mass is 35.5. The van der Waals surface area contributed by atoms with Crippen LogP contribution in [-0.4, -0.2) is 47.7 Å². The van der Waals surface area contributed by atoms with E-state index in [1.165, 1.54) is 23.9 Å². The number of rotatable bonds is 5. The molecule has 0 radical (unpaired) electrons. The number of thioether (sulfide) groups is 1. The van der Waals surface area contributed by atoms with Gasteiger partial charge in [0, 0.05) is 53.9 Å². The number of carbonyl (C=O) groups excluding carboxylic acids is 1. The van der Waals surface area contributed by atoms with Crippen LogP contribution in [0.1, 0.15) is 0 Å². The fourth-order valence-corrected chi connectivity index (χ4v) is 4.21. The molecule has 0 aliphatic carbocycles. The maximum Gasteiger partial charge on any atom is 0.269 e. The Bertz CT molecular complexity index is 840. The topological polar surface area (TPSA) is 66.7 Å². The number of anilines is 1. The number of non-ortho nitro benzene ring substituents is 1. The lowest BCUT2D eigenvalue weighted by Crippen LogP contribution is -2.49. The van der Waals surface area contributed by atoms with Gasteiger partial charge in [0.2, 0.25) is 5.91 Å². The first-order chi connectivity index (χ1) is 12.9. The van der Waals surface area contributed by atoms with Gasteiger partial charge < -0.3 is 9.80 Å². The summed E-state index contributed by atoms with van der Waals surface area (Å²) in [6, 6.07) is 11.7. The molecule has 0 spiro atoms. The first-order valence-electron chi connectivity index (χ1n) is 8.29. The highest BCUT2D eigenvalue weighted by Crippen LogP contribution is 2.30. The molecular weight excluding hydrogens is 409 g/mol. The van der Waals surface area contributed by atoms with Crippen molar-refractivity contribution in [3.8, 4) is 0 Å². The van der Waals surface area contributed by atoms with Crippen molar-refractivity contribution in [2.45, 2.75) is 4.90 Å². The van der Waals surface area contributed by atoms with Crippen LogP contribution in [0.2, 0.25) is 10.0 Å². The summed E-state index contributed by atoms with van der Waals surface area (Å²) in [6.07, 6.45) is 0. The van der Waals surface area contributed by atoms with E-state index in [2.05, 4.69) is 4.90 Å². The predicted octanol–water partition coefficient (Wildman–Crippen LogP) is 4.34. The Kier molecular flexibility index (Phi) is 6.46. The largest absolute Gasteiger partial charge is 0.368 e. The van der Waals surface area contributed by atoms with Crippen LogP contribution in [-0.2, 0) is 4.79 Å². The second-order valence-electron chi connectivity index (χ2n) is 6.00. The quantitative estimate of drug-likeness (QED) is 0.404. The van der Waals surface area contributed by atoms with Crippen molar-refractivity contribution in [1.82, 2.24) is 4.90 Å². The molecule has 2 aromatic rings. The van der Waals surface area contributed by atoms with Crippen molar-refractivity contribution in [2.24, 2.45) is 0 Å². The van der Waals surface area contributed by atoms with Gasteiger partial charge in [-0.1, -0.05) is 23.2 Å². The van der Waals surface area contributed by atoms with Crippen LogP contribution in [0.15, 0.2) is 47.4 Å². The molecule has 1 aliphatic rings. The molecular formula is C18H17Cl2N3O3S. The fourth-order valence-electron chi connectivity index (χ4n) is 2.82. The van der Waals surface area contributed by atoms with Crippen molar-refractivity contribution < 1.29 is 9.72 Å². The zero-order valence-corrected chi connectivity index (χ0v) is 16.6. The van der Waals surface area contributed by atoms with E-state index in [4.69, 9.17) is 23.2 Å². The number of hydrogen-bond donors (Lipinski definition) is 0. The molecule has 0 unspecified atom stereocenters. The fraction of sp³-hybridized carbons (Fsp3) is 0.278. The Labute approximate surface area is 171 Å². The zero-order chi connectivity index (χ0) is 19.4. The van der Waals surface area contributed by atoms with Crippen molar-refractivity contribution in [3.63, 3.8) is 0 Å². The van der Waals surface area contributed by atoms with Crippen LogP contribution in [0.5, 0.6) is 0 Å². The molecule has 0 N–H and O–H groups in total. The van der Waals surface area contributed by atoms with Gasteiger partial charge in [-0.15, -0.1) is 11.8 Å². The van der Waals surface area contributed by atoms with Gasteiger partial charge in [0.05, 0.1) is 15.7 Å². The average Bonchev–Trinajstić information content (AvgIpc) is 2.68. The molecule has 2 aromatic carbocycles. The van der Waals surface area contributed by atoms with Crippen LogP contribution < -0.4 is 4.90 Å². The predicted molar refractivity (Wildman–Crippen MR) is 109 cm³/mol. The molecule has 142 valence electrons. The molecule has 3 rings (SSSR count). The van der Waals surface area contributed by atoms with Gasteiger partial charge in [0.15, 0.2) is 0 Å². The van der Waals surface area contributed by atoms with Gasteiger partial charge in [-0.05, 0) is 30.3 Å². The van der Waals surface area contributed by atoms with Crippen LogP contribution in [0, 0.1) is 10.1 Å². The molecule has 1 heterocycles. The summed E-state index contributed by atoms with van der Waals surface area (Å²) in [7, 11) is 0. The summed E-state index contributed by atoms with van der Waals surface area (Å²) in [4.78, 5) is 27.5. The third-order valence-electron chi connectivity index (χ3n) is 4.30. The van der Waals surface area contributed by atoms with E-state index in [1.807, 2.05) is 4.90 Å². The van der Waals surface area contributed by atoms with Crippen LogP contribution in [0.25, 0.3) is 0 Å². The van der Waals surface area contributed by atoms with E-state index in [0.29, 0.717) is 42.0 Å². The third kappa shape index (κ3) is 5.06. The minimum atomic E-state index is -0.412. The second kappa shape index (κ2) is 8.82. The number of carbonyl (C=O) groups is 1. The van der Waals surface area contributed by atoms with E-state index < -0.39 is 4.92 Å². The average molecular weight is 426 g/mol. The number of amides is 1. The highest BCUT2D eigenvalue weighted by molar-refractivity contribution is 8.00. The monoisotopic (exact) mass is 425 g/mol. The van der Waals surface area contributed by atoms with Gasteiger partial charge in [-0.3, -0.25) is 14.9 Å². The van der Waals surface area contributed by atoms with Gasteiger partial charge in [-0.2, -0.15) is 0 Å². The molecule has 9 heteroatoms. The SMILES string of the molecule is O=C(CSc1cc(Cl)ccc1Cl)N1CCN(c2ccc([N+](=O)[O-])cc2)CC1. The Morgan fingerprint density at radius 3 is 2.37 bits per heavy atom. The molecule has 6 nitrogen and oxygen atoms in total. The number of benzene rings is 2. The molecule has 1 amide bonds. The van der Waals surface area contributed by atoms with Gasteiger partial charge in [-0.25, -0.2) is 0 Å². The molecule has 0 aromatic heterocycles. The summed E-state index contributed by atoms with van der Waals surface area (Å²) in [6.45, 7) is 2.59. The van der Waals surface area contributed by atoms with Crippen LogP contribution in [0.4, 0.5) is 11.4 Å². The van der Waals surface area contributed by atoms with Crippen molar-refractivity contribution >= 4 is 52.2 Å². The van der Waals surface area contributed by atoms with Gasteiger partial charge in [0.1, 0.15) is 0 Å². The maximum absolute atomic E-state index is 12.5. The minimum Gasteiger partial charge on any atom is -0.368 e. The molecule has 27 heavy (non-hydrogen) atoms. The van der Waals surface area contributed by atoms with Crippen LogP contribution in [0.3, 0.4) is 0 Å². The Balaban J connectivity index is 1.51. The molecule has 1 fully saturated rings. The lowest BCUT2D eigenvalue weighted by molar-refractivity contribution is -0.384. The number of nitro groups is 1. The summed E-state index contributed by atoms with van der Waals surface area (Å²) >= 11 is 13.5. The minimum absolute atomic E-state index is 0.0550. The van der Waals surface area contributed by atoms with Crippen molar-refractivity contribution in [2.75, 3.05) is 36.8 Å². The first-order valence-corrected chi connectivity index (χ1v) is 10.0. The van der Waals surface area contributed by atoms with E-state index in [9.17, 15) is 14.9 Å². The number of piperazine rings is 1. The van der Waals surface area contributed by atoms with Crippen molar-refractivity contribution in [3.05, 3.63) is 62.6 Å². The van der Waals surface area contributed by atoms with E-state index in [1.54, 1.807) is 30.3 Å². The van der Waals surface area contributed by atoms with Gasteiger partial charge in [0.25, 0.3) is 5.69 Å². The standard InChI is InChI=1S/C18H17Cl2N3O3S/c19-13-1-6-16(20)17(11-13)27-12-18(24)22-9-7-21(8-10-22)14-2-4-15(5-3-14)23(25)26/h1-6,11H,7-10,12H2. The smallest absolute Gasteiger partial charge is 0.269 e. The van der Waals surface area contributed by atoms with E-state index >= 15 is 0 Å². The third-order valence-corrected chi connectivity index (χ3v) is 6.02. The maximum atomic E-state index is 12.5. The summed E-state index contributed by atoms with van der Waals surface area (Å²) in [5.74, 6) is 0.358. The number of hydrogen-bond acceptors (Lipinski definition) is 5. The second-order valence-corrected chi connectivity index (χ2v) is 7.87. The van der Waals surface area contributed by atoms with Crippen LogP contribution >= 0.6 is 35.0 Å². The summed E-state index contributed by atoms with van der Waals surface area (Å²) < 4.78 is 0. The lowest BCUT2D eigenvalue weighted by Gasteiger charge is -2.36. The summed E-state index contributed by atoms with van der Waals surface area (Å²) in [5, 5.41) is 11.9. The van der Waals surface area contributed by atoms with Crippen molar-refractivity contribution in [1.29, 1.82) is 0 Å². The number of nitrogens with zero attached hydrogens (tertiary/aromatic N) is 3. The highest BCUT2D eigenvalue weighted by Gasteiger charge is 2.22. The first kappa shape index (κ1) is 19.8. The Morgan fingerprint density at radius 1 is 1.07 bits per heavy atom. The lowest BCUT2D eigenvalue weighted by atomic mass is 10.2. The number of nitro benzene ring substituents is 1.